The molecule has 0 aliphatic carbocycles. The van der Waals surface area contributed by atoms with Crippen LogP contribution in [0.2, 0.25) is 5.02 Å². The lowest BCUT2D eigenvalue weighted by Gasteiger charge is -2.21. The monoisotopic (exact) mass is 438 g/mol. The summed E-state index contributed by atoms with van der Waals surface area (Å²) in [4.78, 5) is 24.0. The highest BCUT2D eigenvalue weighted by atomic mass is 79.9. The molecule has 2 rings (SSSR count). The Labute approximate surface area is 166 Å². The number of benzene rings is 2. The maximum Gasteiger partial charge on any atom is 0.276 e. The van der Waals surface area contributed by atoms with Gasteiger partial charge in [0.15, 0.2) is 6.61 Å². The Morgan fingerprint density at radius 1 is 1.12 bits per heavy atom. The summed E-state index contributed by atoms with van der Waals surface area (Å²) in [5.74, 6) is -0.516. The number of ether oxygens (including phenoxy) is 1. The van der Waals surface area contributed by atoms with Crippen LogP contribution in [-0.4, -0.2) is 18.4 Å². The average Bonchev–Trinajstić information content (AvgIpc) is 2.57. The summed E-state index contributed by atoms with van der Waals surface area (Å²) in [6.45, 7) is 6.00. The third-order valence-electron chi connectivity index (χ3n) is 3.55. The lowest BCUT2D eigenvalue weighted by atomic mass is 9.86. The van der Waals surface area contributed by atoms with Gasteiger partial charge in [-0.05, 0) is 35.2 Å². The highest BCUT2D eigenvalue weighted by Crippen LogP contribution is 2.30. The molecule has 0 saturated carbocycles. The van der Waals surface area contributed by atoms with Crippen molar-refractivity contribution < 1.29 is 14.3 Å². The summed E-state index contributed by atoms with van der Waals surface area (Å²) in [6, 6.07) is 12.2. The van der Waals surface area contributed by atoms with Gasteiger partial charge in [0.25, 0.3) is 11.8 Å². The summed E-state index contributed by atoms with van der Waals surface area (Å²) in [7, 11) is 0. The van der Waals surface area contributed by atoms with Crippen LogP contribution in [-0.2, 0) is 10.2 Å². The predicted molar refractivity (Wildman–Crippen MR) is 105 cm³/mol. The van der Waals surface area contributed by atoms with Crippen molar-refractivity contribution in [3.63, 3.8) is 0 Å². The van der Waals surface area contributed by atoms with Crippen LogP contribution in [0.25, 0.3) is 0 Å². The van der Waals surface area contributed by atoms with Gasteiger partial charge >= 0.3 is 0 Å². The number of nitrogens with one attached hydrogen (secondary N) is 2. The molecule has 0 radical (unpaired) electrons. The fourth-order valence-corrected chi connectivity index (χ4v) is 3.37. The highest BCUT2D eigenvalue weighted by Gasteiger charge is 2.18. The first kappa shape index (κ1) is 20.3. The van der Waals surface area contributed by atoms with Gasteiger partial charge in [0.05, 0.1) is 5.02 Å². The van der Waals surface area contributed by atoms with Crippen molar-refractivity contribution in [2.45, 2.75) is 26.2 Å². The number of hydrogen-bond acceptors (Lipinski definition) is 3. The van der Waals surface area contributed by atoms with Gasteiger partial charge in [-0.1, -0.05) is 66.5 Å². The summed E-state index contributed by atoms with van der Waals surface area (Å²) < 4.78 is 6.14. The Hall–Kier alpha value is -2.05. The smallest absolute Gasteiger partial charge is 0.276 e. The van der Waals surface area contributed by atoms with E-state index in [2.05, 4.69) is 47.6 Å². The van der Waals surface area contributed by atoms with Crippen LogP contribution in [0.15, 0.2) is 46.9 Å². The third-order valence-corrected chi connectivity index (χ3v) is 4.52. The van der Waals surface area contributed by atoms with Crippen molar-refractivity contribution in [2.75, 3.05) is 6.61 Å². The predicted octanol–water partition coefficient (Wildman–Crippen LogP) is 4.24. The molecule has 0 aliphatic rings. The van der Waals surface area contributed by atoms with E-state index in [4.69, 9.17) is 16.3 Å². The molecular weight excluding hydrogens is 420 g/mol. The van der Waals surface area contributed by atoms with Crippen LogP contribution in [0.1, 0.15) is 36.7 Å². The van der Waals surface area contributed by atoms with E-state index in [0.717, 1.165) is 10.0 Å². The van der Waals surface area contributed by atoms with E-state index >= 15 is 0 Å². The van der Waals surface area contributed by atoms with Crippen LogP contribution in [0.5, 0.6) is 5.75 Å². The van der Waals surface area contributed by atoms with Crippen LogP contribution in [0, 0.1) is 0 Å². The quantitative estimate of drug-likeness (QED) is 0.700. The first-order valence-corrected chi connectivity index (χ1v) is 9.12. The minimum absolute atomic E-state index is 0.0435. The normalized spacial score (nSPS) is 11.0. The van der Waals surface area contributed by atoms with Crippen LogP contribution in [0.4, 0.5) is 0 Å². The average molecular weight is 440 g/mol. The number of hydrazine groups is 1. The van der Waals surface area contributed by atoms with Gasteiger partial charge in [-0.25, -0.2) is 0 Å². The van der Waals surface area contributed by atoms with Crippen molar-refractivity contribution in [3.8, 4) is 5.75 Å². The SMILES string of the molecule is CC(C)(C)c1ccc(C(=O)NNC(=O)COc2ccccc2Cl)cc1Br. The molecule has 0 bridgehead atoms. The maximum atomic E-state index is 12.2. The Kier molecular flexibility index (Phi) is 6.67. The Balaban J connectivity index is 1.89. The molecule has 0 spiro atoms. The second-order valence-corrected chi connectivity index (χ2v) is 7.93. The number of carbonyl (C=O) groups is 2. The fraction of sp³-hybridized carbons (Fsp3) is 0.263. The number of carbonyl (C=O) groups excluding carboxylic acids is 2. The molecule has 0 heterocycles. The molecule has 2 amide bonds. The zero-order chi connectivity index (χ0) is 19.3. The molecule has 0 atom stereocenters. The molecule has 0 aromatic heterocycles. The van der Waals surface area contributed by atoms with Crippen LogP contribution < -0.4 is 15.6 Å². The fourth-order valence-electron chi connectivity index (χ4n) is 2.20. The van der Waals surface area contributed by atoms with E-state index in [9.17, 15) is 9.59 Å². The topological polar surface area (TPSA) is 67.4 Å². The number of amides is 2. The number of hydrogen-bond donors (Lipinski definition) is 2. The van der Waals surface area contributed by atoms with E-state index in [1.54, 1.807) is 36.4 Å². The zero-order valence-electron chi connectivity index (χ0n) is 14.7. The van der Waals surface area contributed by atoms with E-state index in [1.165, 1.54) is 0 Å². The Bertz CT molecular complexity index is 819. The minimum Gasteiger partial charge on any atom is -0.482 e. The van der Waals surface area contributed by atoms with E-state index in [0.29, 0.717) is 16.3 Å². The first-order chi connectivity index (χ1) is 12.2. The molecule has 0 fully saturated rings. The highest BCUT2D eigenvalue weighted by molar-refractivity contribution is 9.10. The van der Waals surface area contributed by atoms with Gasteiger partial charge in [0.1, 0.15) is 5.75 Å². The second-order valence-electron chi connectivity index (χ2n) is 6.67. The van der Waals surface area contributed by atoms with Gasteiger partial charge in [-0.15, -0.1) is 0 Å². The van der Waals surface area contributed by atoms with Crippen molar-refractivity contribution in [1.82, 2.24) is 10.9 Å². The largest absolute Gasteiger partial charge is 0.482 e. The van der Waals surface area contributed by atoms with Crippen molar-refractivity contribution in [2.24, 2.45) is 0 Å². The molecule has 2 aromatic carbocycles. The summed E-state index contributed by atoms with van der Waals surface area (Å²) in [6.07, 6.45) is 0. The number of rotatable bonds is 4. The Morgan fingerprint density at radius 3 is 2.42 bits per heavy atom. The van der Waals surface area contributed by atoms with Crippen molar-refractivity contribution in [3.05, 3.63) is 63.1 Å². The molecule has 0 aliphatic heterocycles. The molecular formula is C19H20BrClN2O3. The van der Waals surface area contributed by atoms with Gasteiger partial charge in [0.2, 0.25) is 0 Å². The van der Waals surface area contributed by atoms with Crippen molar-refractivity contribution >= 4 is 39.3 Å². The Morgan fingerprint density at radius 2 is 1.81 bits per heavy atom. The molecule has 5 nitrogen and oxygen atoms in total. The molecule has 2 aromatic rings. The summed E-state index contributed by atoms with van der Waals surface area (Å²) in [5.41, 5.74) is 6.15. The standard InChI is InChI=1S/C19H20BrClN2O3/c1-19(2,3)13-9-8-12(10-14(13)20)18(25)23-22-17(24)11-26-16-7-5-4-6-15(16)21/h4-10H,11H2,1-3H3,(H,22,24)(H,23,25). The number of para-hydroxylation sites is 1. The molecule has 7 heteroatoms. The van der Waals surface area contributed by atoms with Gasteiger partial charge in [-0.3, -0.25) is 20.4 Å². The van der Waals surface area contributed by atoms with Crippen LogP contribution in [0.3, 0.4) is 0 Å². The van der Waals surface area contributed by atoms with E-state index in [-0.39, 0.29) is 12.0 Å². The second kappa shape index (κ2) is 8.56. The molecule has 26 heavy (non-hydrogen) atoms. The molecule has 2 N–H and O–H groups in total. The van der Waals surface area contributed by atoms with E-state index in [1.807, 2.05) is 6.07 Å². The summed E-state index contributed by atoms with van der Waals surface area (Å²) in [5, 5.41) is 0.410. The maximum absolute atomic E-state index is 12.2. The zero-order valence-corrected chi connectivity index (χ0v) is 17.1. The minimum atomic E-state index is -0.497. The lowest BCUT2D eigenvalue weighted by Crippen LogP contribution is -2.43. The van der Waals surface area contributed by atoms with Crippen LogP contribution >= 0.6 is 27.5 Å². The van der Waals surface area contributed by atoms with Gasteiger partial charge in [-0.2, -0.15) is 0 Å². The van der Waals surface area contributed by atoms with Gasteiger partial charge < -0.3 is 4.74 Å². The van der Waals surface area contributed by atoms with Crippen molar-refractivity contribution in [1.29, 1.82) is 0 Å². The summed E-state index contributed by atoms with van der Waals surface area (Å²) >= 11 is 9.43. The number of halogens is 2. The molecule has 0 unspecified atom stereocenters. The third kappa shape index (κ3) is 5.47. The first-order valence-electron chi connectivity index (χ1n) is 7.95. The molecule has 138 valence electrons. The van der Waals surface area contributed by atoms with E-state index < -0.39 is 11.8 Å². The van der Waals surface area contributed by atoms with Gasteiger partial charge in [0, 0.05) is 10.0 Å². The lowest BCUT2D eigenvalue weighted by molar-refractivity contribution is -0.123. The molecule has 0 saturated heterocycles.